The zero-order valence-corrected chi connectivity index (χ0v) is 31.3. The molecule has 58 heavy (non-hydrogen) atoms. The van der Waals surface area contributed by atoms with Gasteiger partial charge in [0.1, 0.15) is 0 Å². The average molecular weight is 740 g/mol. The van der Waals surface area contributed by atoms with Crippen molar-refractivity contribution in [3.63, 3.8) is 0 Å². The summed E-state index contributed by atoms with van der Waals surface area (Å²) in [5, 5.41) is 6.92. The van der Waals surface area contributed by atoms with Crippen LogP contribution < -0.4 is 4.90 Å². The predicted octanol–water partition coefficient (Wildman–Crippen LogP) is 13.7. The van der Waals surface area contributed by atoms with Crippen LogP contribution in [0.4, 0.5) is 17.3 Å². The zero-order chi connectivity index (χ0) is 38.2. The van der Waals surface area contributed by atoms with Gasteiger partial charge in [-0.3, -0.25) is 4.90 Å². The van der Waals surface area contributed by atoms with E-state index in [1.807, 2.05) is 6.07 Å². The lowest BCUT2D eigenvalue weighted by atomic mass is 9.90. The molecular weight excluding hydrogens is 707 g/mol. The summed E-state index contributed by atoms with van der Waals surface area (Å²) in [7, 11) is 0. The van der Waals surface area contributed by atoms with E-state index >= 15 is 0 Å². The molecule has 0 unspecified atom stereocenters. The van der Waals surface area contributed by atoms with E-state index in [1.165, 1.54) is 21.7 Å². The highest BCUT2D eigenvalue weighted by molar-refractivity contribution is 6.17. The number of benzene rings is 9. The van der Waals surface area contributed by atoms with Gasteiger partial charge in [-0.2, -0.15) is 9.97 Å². The first kappa shape index (κ1) is 32.4. The normalized spacial score (nSPS) is 12.1. The lowest BCUT2D eigenvalue weighted by Gasteiger charge is -2.32. The summed E-state index contributed by atoms with van der Waals surface area (Å²) in [6.07, 6.45) is 0. The molecule has 1 aliphatic heterocycles. The first-order chi connectivity index (χ1) is 28.8. The molecule has 0 bridgehead atoms. The molecule has 1 aliphatic rings. The molecule has 0 radical (unpaired) electrons. The van der Waals surface area contributed by atoms with E-state index in [-0.39, 0.29) is 0 Å². The molecule has 11 aromatic rings. The van der Waals surface area contributed by atoms with Crippen LogP contribution in [-0.2, 0) is 0 Å². The van der Waals surface area contributed by atoms with E-state index in [4.69, 9.17) is 15.0 Å². The maximum Gasteiger partial charge on any atom is 0.238 e. The van der Waals surface area contributed by atoms with E-state index in [1.54, 1.807) is 0 Å². The van der Waals surface area contributed by atoms with Gasteiger partial charge in [0.2, 0.25) is 5.95 Å². The minimum atomic E-state index is 0.562. The molecular formula is C53H33N5. The fourth-order valence-electron chi connectivity index (χ4n) is 8.95. The second-order valence-electron chi connectivity index (χ2n) is 14.9. The van der Waals surface area contributed by atoms with Crippen LogP contribution in [0.15, 0.2) is 200 Å². The Bertz CT molecular complexity index is 3400. The lowest BCUT2D eigenvalue weighted by molar-refractivity contribution is 1.03. The van der Waals surface area contributed by atoms with Gasteiger partial charge in [-0.25, -0.2) is 4.98 Å². The molecule has 2 aromatic heterocycles. The number of para-hydroxylation sites is 2. The van der Waals surface area contributed by atoms with E-state index in [0.717, 1.165) is 72.1 Å². The van der Waals surface area contributed by atoms with Crippen LogP contribution in [0.5, 0.6) is 0 Å². The van der Waals surface area contributed by atoms with Crippen LogP contribution in [0.1, 0.15) is 0 Å². The van der Waals surface area contributed by atoms with Gasteiger partial charge >= 0.3 is 0 Å². The first-order valence-corrected chi connectivity index (χ1v) is 19.6. The van der Waals surface area contributed by atoms with Crippen LogP contribution in [-0.4, -0.2) is 19.5 Å². The van der Waals surface area contributed by atoms with Crippen molar-refractivity contribution in [2.75, 3.05) is 4.90 Å². The summed E-state index contributed by atoms with van der Waals surface area (Å²) in [6.45, 7) is 0. The van der Waals surface area contributed by atoms with Crippen LogP contribution in [0.2, 0.25) is 0 Å². The smallest absolute Gasteiger partial charge is 0.238 e. The highest BCUT2D eigenvalue weighted by Gasteiger charge is 2.30. The molecule has 0 spiro atoms. The van der Waals surface area contributed by atoms with Crippen molar-refractivity contribution in [3.8, 4) is 50.7 Å². The van der Waals surface area contributed by atoms with Crippen LogP contribution in [0, 0.1) is 0 Å². The molecule has 0 atom stereocenters. The third-order valence-electron chi connectivity index (χ3n) is 11.5. The average Bonchev–Trinajstić information content (AvgIpc) is 3.64. The molecule has 0 fully saturated rings. The molecule has 0 saturated carbocycles. The van der Waals surface area contributed by atoms with Gasteiger partial charge in [0.25, 0.3) is 0 Å². The van der Waals surface area contributed by atoms with Crippen LogP contribution in [0.25, 0.3) is 94.1 Å². The number of hydrogen-bond donors (Lipinski definition) is 0. The molecule has 270 valence electrons. The van der Waals surface area contributed by atoms with Gasteiger partial charge in [-0.1, -0.05) is 152 Å². The Morgan fingerprint density at radius 1 is 0.345 bits per heavy atom. The number of hydrogen-bond acceptors (Lipinski definition) is 4. The summed E-state index contributed by atoms with van der Waals surface area (Å²) in [4.78, 5) is 18.6. The van der Waals surface area contributed by atoms with Gasteiger partial charge < -0.3 is 4.57 Å². The monoisotopic (exact) mass is 739 g/mol. The molecule has 3 heterocycles. The van der Waals surface area contributed by atoms with Crippen molar-refractivity contribution in [3.05, 3.63) is 200 Å². The molecule has 12 rings (SSSR count). The highest BCUT2D eigenvalue weighted by atomic mass is 15.3. The van der Waals surface area contributed by atoms with Crippen LogP contribution in [0.3, 0.4) is 0 Å². The summed E-state index contributed by atoms with van der Waals surface area (Å²) in [5.41, 5.74) is 11.8. The molecule has 5 heteroatoms. The Kier molecular flexibility index (Phi) is 7.16. The summed E-state index contributed by atoms with van der Waals surface area (Å²) in [5.74, 6) is 1.78. The van der Waals surface area contributed by atoms with Gasteiger partial charge in [0.15, 0.2) is 11.6 Å². The van der Waals surface area contributed by atoms with Crippen molar-refractivity contribution in [1.82, 2.24) is 19.5 Å². The number of nitrogens with zero attached hydrogens (tertiary/aromatic N) is 5. The van der Waals surface area contributed by atoms with Crippen LogP contribution >= 0.6 is 0 Å². The maximum absolute atomic E-state index is 5.51. The van der Waals surface area contributed by atoms with E-state index in [0.29, 0.717) is 17.6 Å². The molecule has 9 aromatic carbocycles. The Labute approximate surface area is 334 Å². The predicted molar refractivity (Wildman–Crippen MR) is 239 cm³/mol. The SMILES string of the molecule is c1ccc(-c2cccc(-c3nc(-c4cccc5c4c4ccccc4n5-c4ccccc4)nc(N4c5cc6ccccc6cc5-c5cccc6cccc4c56)n3)c2)cc1. The Morgan fingerprint density at radius 2 is 0.966 bits per heavy atom. The third kappa shape index (κ3) is 5.00. The van der Waals surface area contributed by atoms with Crippen molar-refractivity contribution in [2.24, 2.45) is 0 Å². The van der Waals surface area contributed by atoms with Crippen molar-refractivity contribution >= 4 is 60.7 Å². The van der Waals surface area contributed by atoms with Gasteiger partial charge in [-0.15, -0.1) is 0 Å². The summed E-state index contributed by atoms with van der Waals surface area (Å²) < 4.78 is 2.34. The van der Waals surface area contributed by atoms with Gasteiger partial charge in [-0.05, 0) is 81.4 Å². The van der Waals surface area contributed by atoms with Crippen molar-refractivity contribution in [1.29, 1.82) is 0 Å². The fourth-order valence-corrected chi connectivity index (χ4v) is 8.95. The summed E-state index contributed by atoms with van der Waals surface area (Å²) in [6, 6.07) is 70.9. The fraction of sp³-hybridized carbons (Fsp3) is 0. The Morgan fingerprint density at radius 3 is 1.83 bits per heavy atom. The maximum atomic E-state index is 5.51. The topological polar surface area (TPSA) is 46.8 Å². The Balaban J connectivity index is 1.17. The van der Waals surface area contributed by atoms with Gasteiger partial charge in [0.05, 0.1) is 22.4 Å². The van der Waals surface area contributed by atoms with Crippen molar-refractivity contribution < 1.29 is 0 Å². The van der Waals surface area contributed by atoms with E-state index in [2.05, 4.69) is 204 Å². The minimum absolute atomic E-state index is 0.562. The second-order valence-corrected chi connectivity index (χ2v) is 14.9. The first-order valence-electron chi connectivity index (χ1n) is 19.6. The number of aromatic nitrogens is 4. The summed E-state index contributed by atoms with van der Waals surface area (Å²) >= 11 is 0. The Hall–Kier alpha value is -7.89. The molecule has 0 aliphatic carbocycles. The standard InChI is InChI=1S/C53H33N5/c1-3-15-34(16-4-1)36-21-11-22-39(31-36)51-54-52(43-27-14-30-47-50(43)42-25-9-10-28-45(42)57(47)40-23-5-2-6-24-40)56-53(55-51)58-46-29-13-20-35-19-12-26-41(49(35)46)44-32-37-17-7-8-18-38(37)33-48(44)58/h1-33H. The number of fused-ring (bicyclic) bond motifs is 6. The molecule has 5 nitrogen and oxygen atoms in total. The highest BCUT2D eigenvalue weighted by Crippen LogP contribution is 2.51. The largest absolute Gasteiger partial charge is 0.309 e. The molecule has 0 amide bonds. The molecule has 0 N–H and O–H groups in total. The second kappa shape index (κ2) is 12.8. The quantitative estimate of drug-likeness (QED) is 0.176. The number of rotatable bonds is 5. The van der Waals surface area contributed by atoms with E-state index in [9.17, 15) is 0 Å². The van der Waals surface area contributed by atoms with Gasteiger partial charge in [0, 0.05) is 38.5 Å². The van der Waals surface area contributed by atoms with E-state index < -0.39 is 0 Å². The minimum Gasteiger partial charge on any atom is -0.309 e. The lowest BCUT2D eigenvalue weighted by Crippen LogP contribution is -2.19. The number of anilines is 3. The van der Waals surface area contributed by atoms with Crippen molar-refractivity contribution in [2.45, 2.75) is 0 Å². The third-order valence-corrected chi connectivity index (χ3v) is 11.5. The zero-order valence-electron chi connectivity index (χ0n) is 31.3. The molecule has 0 saturated heterocycles.